The van der Waals surface area contributed by atoms with E-state index in [2.05, 4.69) is 30.6 Å². The number of nitrogens with one attached hydrogen (secondary N) is 1. The van der Waals surface area contributed by atoms with E-state index < -0.39 is 0 Å². The largest absolute Gasteiger partial charge is 0.411 e. The summed E-state index contributed by atoms with van der Waals surface area (Å²) < 4.78 is 10.8. The lowest BCUT2D eigenvalue weighted by atomic mass is 10.2. The zero-order valence-corrected chi connectivity index (χ0v) is 16.9. The third-order valence-electron chi connectivity index (χ3n) is 4.07. The topological polar surface area (TPSA) is 120 Å². The molecule has 1 amide bonds. The first-order chi connectivity index (χ1) is 14.7. The molecule has 1 N–H and O–H groups in total. The Hall–Kier alpha value is -3.53. The predicted molar refractivity (Wildman–Crippen MR) is 110 cm³/mol. The van der Waals surface area contributed by atoms with Crippen LogP contribution in [0.1, 0.15) is 23.7 Å². The molecule has 30 heavy (non-hydrogen) atoms. The average molecular weight is 422 g/mol. The quantitative estimate of drug-likeness (QED) is 0.424. The van der Waals surface area contributed by atoms with Crippen LogP contribution in [-0.4, -0.2) is 31.2 Å². The van der Waals surface area contributed by atoms with Crippen LogP contribution in [0.4, 0.5) is 5.69 Å². The van der Waals surface area contributed by atoms with E-state index in [1.165, 1.54) is 11.8 Å². The van der Waals surface area contributed by atoms with Crippen molar-refractivity contribution in [1.82, 2.24) is 25.3 Å². The summed E-state index contributed by atoms with van der Waals surface area (Å²) in [5.74, 6) is 1.64. The summed E-state index contributed by atoms with van der Waals surface area (Å²) >= 11 is 1.31. The van der Waals surface area contributed by atoms with Crippen molar-refractivity contribution in [2.75, 3.05) is 5.32 Å². The van der Waals surface area contributed by atoms with E-state index in [1.54, 1.807) is 24.5 Å². The van der Waals surface area contributed by atoms with E-state index >= 15 is 0 Å². The molecule has 4 rings (SSSR count). The van der Waals surface area contributed by atoms with Gasteiger partial charge >= 0.3 is 0 Å². The van der Waals surface area contributed by atoms with Crippen LogP contribution >= 0.6 is 11.8 Å². The fourth-order valence-corrected chi connectivity index (χ4v) is 3.14. The maximum absolute atomic E-state index is 12.1. The lowest BCUT2D eigenvalue weighted by Crippen LogP contribution is -2.12. The Bertz CT molecular complexity index is 1110. The number of carbonyl (C=O) groups excluding carboxylic acids is 1. The maximum Gasteiger partial charge on any atom is 0.277 e. The summed E-state index contributed by atoms with van der Waals surface area (Å²) in [4.78, 5) is 20.3. The van der Waals surface area contributed by atoms with E-state index in [1.807, 2.05) is 31.2 Å². The third kappa shape index (κ3) is 5.29. The standard InChI is InChI=1S/C20H18N6O3S/c1-13-2-4-15(5-3-13)22-17(27)6-7-18-23-16(26-29-18)12-30-20-25-24-19(28-20)14-8-10-21-11-9-14/h2-5,8-11H,6-7,12H2,1H3,(H,22,27). The van der Waals surface area contributed by atoms with E-state index in [0.29, 0.717) is 35.0 Å². The molecule has 0 unspecified atom stereocenters. The summed E-state index contributed by atoms with van der Waals surface area (Å²) in [7, 11) is 0. The van der Waals surface area contributed by atoms with Crippen LogP contribution in [0.5, 0.6) is 0 Å². The van der Waals surface area contributed by atoms with E-state index in [-0.39, 0.29) is 12.3 Å². The smallest absolute Gasteiger partial charge is 0.277 e. The zero-order valence-electron chi connectivity index (χ0n) is 16.1. The molecule has 3 aromatic heterocycles. The average Bonchev–Trinajstić information content (AvgIpc) is 3.43. The minimum atomic E-state index is -0.109. The first kappa shape index (κ1) is 19.8. The molecule has 0 bridgehead atoms. The Morgan fingerprint density at radius 2 is 1.90 bits per heavy atom. The van der Waals surface area contributed by atoms with Gasteiger partial charge in [0.15, 0.2) is 5.82 Å². The maximum atomic E-state index is 12.1. The summed E-state index contributed by atoms with van der Waals surface area (Å²) in [5.41, 5.74) is 2.70. The Kier molecular flexibility index (Phi) is 6.14. The van der Waals surface area contributed by atoms with Gasteiger partial charge in [0.25, 0.3) is 5.22 Å². The van der Waals surface area contributed by atoms with Crippen molar-refractivity contribution in [3.05, 3.63) is 66.1 Å². The van der Waals surface area contributed by atoms with Crippen molar-refractivity contribution in [3.8, 4) is 11.5 Å². The van der Waals surface area contributed by atoms with Crippen LogP contribution in [0.25, 0.3) is 11.5 Å². The first-order valence-electron chi connectivity index (χ1n) is 9.20. The minimum Gasteiger partial charge on any atom is -0.411 e. The molecule has 0 spiro atoms. The monoisotopic (exact) mass is 422 g/mol. The van der Waals surface area contributed by atoms with Gasteiger partial charge in [0.2, 0.25) is 17.7 Å². The van der Waals surface area contributed by atoms with Crippen LogP contribution in [0.15, 0.2) is 63.0 Å². The summed E-state index contributed by atoms with van der Waals surface area (Å²) in [6.07, 6.45) is 3.94. The minimum absolute atomic E-state index is 0.109. The number of anilines is 1. The SMILES string of the molecule is Cc1ccc(NC(=O)CCc2nc(CSc3nnc(-c4ccncc4)o3)no2)cc1. The molecule has 0 aliphatic carbocycles. The van der Waals surface area contributed by atoms with Crippen LogP contribution in [0.2, 0.25) is 0 Å². The van der Waals surface area contributed by atoms with Gasteiger partial charge in [-0.05, 0) is 31.2 Å². The van der Waals surface area contributed by atoms with Crippen molar-refractivity contribution < 1.29 is 13.7 Å². The Morgan fingerprint density at radius 1 is 1.10 bits per heavy atom. The van der Waals surface area contributed by atoms with Crippen molar-refractivity contribution in [2.24, 2.45) is 0 Å². The second-order valence-electron chi connectivity index (χ2n) is 6.42. The highest BCUT2D eigenvalue weighted by Gasteiger charge is 2.13. The number of rotatable bonds is 8. The van der Waals surface area contributed by atoms with Gasteiger partial charge in [0.05, 0.1) is 5.75 Å². The molecular weight excluding hydrogens is 404 g/mol. The van der Waals surface area contributed by atoms with Crippen LogP contribution in [0.3, 0.4) is 0 Å². The van der Waals surface area contributed by atoms with Crippen LogP contribution < -0.4 is 5.32 Å². The Balaban J connectivity index is 1.25. The van der Waals surface area contributed by atoms with Crippen molar-refractivity contribution >= 4 is 23.4 Å². The van der Waals surface area contributed by atoms with Gasteiger partial charge in [-0.1, -0.05) is 34.6 Å². The number of carbonyl (C=O) groups is 1. The molecule has 0 saturated carbocycles. The fraction of sp³-hybridized carbons (Fsp3) is 0.200. The van der Waals surface area contributed by atoms with Gasteiger partial charge in [-0.25, -0.2) is 0 Å². The van der Waals surface area contributed by atoms with Crippen molar-refractivity contribution in [1.29, 1.82) is 0 Å². The second kappa shape index (κ2) is 9.31. The zero-order chi connectivity index (χ0) is 20.8. The molecule has 0 aliphatic rings. The highest BCUT2D eigenvalue weighted by atomic mass is 32.2. The number of nitrogens with zero attached hydrogens (tertiary/aromatic N) is 5. The molecule has 10 heteroatoms. The lowest BCUT2D eigenvalue weighted by molar-refractivity contribution is -0.116. The number of aromatic nitrogens is 5. The predicted octanol–water partition coefficient (Wildman–Crippen LogP) is 3.69. The molecular formula is C20H18N6O3S. The van der Waals surface area contributed by atoms with Gasteiger partial charge in [-0.3, -0.25) is 9.78 Å². The van der Waals surface area contributed by atoms with Crippen LogP contribution in [0, 0.1) is 6.92 Å². The van der Waals surface area contributed by atoms with Gasteiger partial charge in [0.1, 0.15) is 0 Å². The van der Waals surface area contributed by atoms with Gasteiger partial charge < -0.3 is 14.3 Å². The Morgan fingerprint density at radius 3 is 2.70 bits per heavy atom. The van der Waals surface area contributed by atoms with Crippen LogP contribution in [-0.2, 0) is 17.0 Å². The van der Waals surface area contributed by atoms with Gasteiger partial charge in [-0.15, -0.1) is 10.2 Å². The molecule has 0 radical (unpaired) electrons. The van der Waals surface area contributed by atoms with E-state index in [0.717, 1.165) is 16.8 Å². The number of hydrogen-bond acceptors (Lipinski definition) is 9. The van der Waals surface area contributed by atoms with E-state index in [4.69, 9.17) is 8.94 Å². The summed E-state index contributed by atoms with van der Waals surface area (Å²) in [6, 6.07) is 11.2. The highest BCUT2D eigenvalue weighted by Crippen LogP contribution is 2.24. The second-order valence-corrected chi connectivity index (χ2v) is 7.34. The lowest BCUT2D eigenvalue weighted by Gasteiger charge is -2.04. The first-order valence-corrected chi connectivity index (χ1v) is 10.2. The number of aryl methyl sites for hydroxylation is 2. The molecule has 0 saturated heterocycles. The van der Waals surface area contributed by atoms with Crippen molar-refractivity contribution in [2.45, 2.75) is 30.7 Å². The summed E-state index contributed by atoms with van der Waals surface area (Å²) in [6.45, 7) is 2.00. The normalized spacial score (nSPS) is 10.8. The number of hydrogen-bond donors (Lipinski definition) is 1. The molecule has 152 valence electrons. The Labute approximate surface area is 176 Å². The van der Waals surface area contributed by atoms with Gasteiger partial charge in [0, 0.05) is 36.5 Å². The fourth-order valence-electron chi connectivity index (χ4n) is 2.54. The third-order valence-corrected chi connectivity index (χ3v) is 4.88. The molecule has 0 fully saturated rings. The molecule has 9 nitrogen and oxygen atoms in total. The highest BCUT2D eigenvalue weighted by molar-refractivity contribution is 7.98. The summed E-state index contributed by atoms with van der Waals surface area (Å²) in [5, 5.41) is 15.2. The number of benzene rings is 1. The molecule has 0 aliphatic heterocycles. The molecule has 0 atom stereocenters. The van der Waals surface area contributed by atoms with Gasteiger partial charge in [-0.2, -0.15) is 4.98 Å². The van der Waals surface area contributed by atoms with Crippen molar-refractivity contribution in [3.63, 3.8) is 0 Å². The molecule has 4 aromatic rings. The molecule has 1 aromatic carbocycles. The van der Waals surface area contributed by atoms with E-state index in [9.17, 15) is 4.79 Å². The number of pyridine rings is 1. The molecule has 3 heterocycles. The number of amides is 1. The number of thioether (sulfide) groups is 1.